The first-order chi connectivity index (χ1) is 10.1. The molecule has 0 radical (unpaired) electrons. The summed E-state index contributed by atoms with van der Waals surface area (Å²) in [7, 11) is 0. The summed E-state index contributed by atoms with van der Waals surface area (Å²) in [6, 6.07) is 0.253. The zero-order valence-electron chi connectivity index (χ0n) is 13.1. The molecule has 3 aliphatic heterocycles. The van der Waals surface area contributed by atoms with Gasteiger partial charge < -0.3 is 20.4 Å². The lowest BCUT2D eigenvalue weighted by Gasteiger charge is -2.36. The van der Waals surface area contributed by atoms with Gasteiger partial charge in [-0.2, -0.15) is 0 Å². The highest BCUT2D eigenvalue weighted by atomic mass is 35.5. The molecule has 0 aliphatic carbocycles. The Hall–Kier alpha value is -1.01. The van der Waals surface area contributed by atoms with Crippen LogP contribution in [0.4, 0.5) is 4.79 Å². The average molecular weight is 331 g/mol. The Morgan fingerprint density at radius 1 is 0.818 bits per heavy atom. The van der Waals surface area contributed by atoms with Crippen LogP contribution in [0.5, 0.6) is 0 Å². The standard InChI is InChI=1S/C15H26N4O2.ClH/c16-13-5-9-18(11-13)14(20)12-4-3-8-19(10-12)15(21)17-6-1-2-7-17;/h12-13H,1-11,16H2;1H/t12?,13-;/m1./s1. The van der Waals surface area contributed by atoms with E-state index in [1.807, 2.05) is 14.7 Å². The SMILES string of the molecule is Cl.N[C@@H]1CCN(C(=O)C2CCCN(C(=O)N3CCCC3)C2)C1. The van der Waals surface area contributed by atoms with Crippen LogP contribution >= 0.6 is 12.4 Å². The predicted octanol–water partition coefficient (Wildman–Crippen LogP) is 0.896. The van der Waals surface area contributed by atoms with Crippen LogP contribution in [0.25, 0.3) is 0 Å². The van der Waals surface area contributed by atoms with E-state index in [0.717, 1.165) is 58.3 Å². The summed E-state index contributed by atoms with van der Waals surface area (Å²) in [5, 5.41) is 0. The number of likely N-dealkylation sites (tertiary alicyclic amines) is 3. The van der Waals surface area contributed by atoms with Crippen molar-refractivity contribution in [3.63, 3.8) is 0 Å². The molecular weight excluding hydrogens is 304 g/mol. The lowest BCUT2D eigenvalue weighted by atomic mass is 9.97. The molecule has 0 saturated carbocycles. The average Bonchev–Trinajstić information content (AvgIpc) is 3.17. The summed E-state index contributed by atoms with van der Waals surface area (Å²) >= 11 is 0. The number of rotatable bonds is 1. The minimum absolute atomic E-state index is 0. The van der Waals surface area contributed by atoms with Gasteiger partial charge in [0, 0.05) is 45.3 Å². The second-order valence-electron chi connectivity index (χ2n) is 6.59. The van der Waals surface area contributed by atoms with Crippen molar-refractivity contribution >= 4 is 24.3 Å². The quantitative estimate of drug-likeness (QED) is 0.776. The number of nitrogens with two attached hydrogens (primary N) is 1. The molecule has 6 nitrogen and oxygen atoms in total. The fraction of sp³-hybridized carbons (Fsp3) is 0.867. The van der Waals surface area contributed by atoms with Gasteiger partial charge in [-0.05, 0) is 32.1 Å². The summed E-state index contributed by atoms with van der Waals surface area (Å²) in [6.07, 6.45) is 4.93. The number of amides is 3. The van der Waals surface area contributed by atoms with Crippen molar-refractivity contribution in [3.05, 3.63) is 0 Å². The number of nitrogens with zero attached hydrogens (tertiary/aromatic N) is 3. The van der Waals surface area contributed by atoms with Crippen LogP contribution in [0.2, 0.25) is 0 Å². The Balaban J connectivity index is 0.00000176. The largest absolute Gasteiger partial charge is 0.341 e. The molecule has 3 heterocycles. The molecule has 3 fully saturated rings. The van der Waals surface area contributed by atoms with Gasteiger partial charge in [0.2, 0.25) is 5.91 Å². The summed E-state index contributed by atoms with van der Waals surface area (Å²) in [5.74, 6) is 0.164. The van der Waals surface area contributed by atoms with Crippen molar-refractivity contribution in [1.82, 2.24) is 14.7 Å². The van der Waals surface area contributed by atoms with Crippen molar-refractivity contribution in [2.45, 2.75) is 38.1 Å². The number of hydrogen-bond acceptors (Lipinski definition) is 3. The second kappa shape index (κ2) is 7.51. The molecule has 7 heteroatoms. The molecular formula is C15H27ClN4O2. The van der Waals surface area contributed by atoms with E-state index in [1.165, 1.54) is 0 Å². The van der Waals surface area contributed by atoms with E-state index >= 15 is 0 Å². The topological polar surface area (TPSA) is 69.9 Å². The number of piperidine rings is 1. The maximum Gasteiger partial charge on any atom is 0.320 e. The van der Waals surface area contributed by atoms with E-state index in [-0.39, 0.29) is 36.3 Å². The first-order valence-corrected chi connectivity index (χ1v) is 8.23. The van der Waals surface area contributed by atoms with E-state index in [0.29, 0.717) is 13.1 Å². The molecule has 2 atom stereocenters. The second-order valence-corrected chi connectivity index (χ2v) is 6.59. The molecule has 22 heavy (non-hydrogen) atoms. The van der Waals surface area contributed by atoms with Crippen LogP contribution in [0, 0.1) is 5.92 Å². The van der Waals surface area contributed by atoms with Gasteiger partial charge in [0.05, 0.1) is 5.92 Å². The number of urea groups is 1. The molecule has 0 bridgehead atoms. The zero-order valence-corrected chi connectivity index (χ0v) is 13.9. The highest BCUT2D eigenvalue weighted by Crippen LogP contribution is 2.23. The fourth-order valence-electron chi connectivity index (χ4n) is 3.71. The van der Waals surface area contributed by atoms with Gasteiger partial charge in [-0.25, -0.2) is 4.79 Å². The van der Waals surface area contributed by atoms with E-state index in [1.54, 1.807) is 0 Å². The third kappa shape index (κ3) is 3.66. The normalized spacial score (nSPS) is 28.7. The summed E-state index contributed by atoms with van der Waals surface area (Å²) < 4.78 is 0. The van der Waals surface area contributed by atoms with Crippen molar-refractivity contribution < 1.29 is 9.59 Å². The van der Waals surface area contributed by atoms with Crippen LogP contribution in [-0.2, 0) is 4.79 Å². The Morgan fingerprint density at radius 3 is 2.14 bits per heavy atom. The molecule has 3 aliphatic rings. The van der Waals surface area contributed by atoms with Crippen molar-refractivity contribution in [2.75, 3.05) is 39.3 Å². The van der Waals surface area contributed by atoms with E-state index in [4.69, 9.17) is 5.73 Å². The predicted molar refractivity (Wildman–Crippen MR) is 86.9 cm³/mol. The third-order valence-corrected chi connectivity index (χ3v) is 4.95. The molecule has 0 aromatic rings. The Kier molecular flexibility index (Phi) is 5.92. The maximum atomic E-state index is 12.6. The fourth-order valence-corrected chi connectivity index (χ4v) is 3.71. The highest BCUT2D eigenvalue weighted by molar-refractivity contribution is 5.85. The molecule has 0 aromatic heterocycles. The van der Waals surface area contributed by atoms with Gasteiger partial charge in [-0.3, -0.25) is 4.79 Å². The Bertz CT molecular complexity index is 414. The summed E-state index contributed by atoms with van der Waals surface area (Å²) in [6.45, 7) is 4.56. The minimum atomic E-state index is -0.0318. The van der Waals surface area contributed by atoms with Crippen molar-refractivity contribution in [2.24, 2.45) is 11.7 Å². The van der Waals surface area contributed by atoms with E-state index < -0.39 is 0 Å². The van der Waals surface area contributed by atoms with Gasteiger partial charge >= 0.3 is 6.03 Å². The molecule has 3 rings (SSSR count). The summed E-state index contributed by atoms with van der Waals surface area (Å²) in [5.41, 5.74) is 5.89. The molecule has 0 spiro atoms. The third-order valence-electron chi connectivity index (χ3n) is 4.95. The monoisotopic (exact) mass is 330 g/mol. The van der Waals surface area contributed by atoms with Crippen molar-refractivity contribution in [3.8, 4) is 0 Å². The van der Waals surface area contributed by atoms with Gasteiger partial charge in [-0.1, -0.05) is 0 Å². The first kappa shape index (κ1) is 17.3. The van der Waals surface area contributed by atoms with Gasteiger partial charge in [0.15, 0.2) is 0 Å². The van der Waals surface area contributed by atoms with E-state index in [9.17, 15) is 9.59 Å². The smallest absolute Gasteiger partial charge is 0.320 e. The van der Waals surface area contributed by atoms with Crippen LogP contribution in [0.1, 0.15) is 32.1 Å². The van der Waals surface area contributed by atoms with Crippen molar-refractivity contribution in [1.29, 1.82) is 0 Å². The lowest BCUT2D eigenvalue weighted by Crippen LogP contribution is -2.50. The minimum Gasteiger partial charge on any atom is -0.341 e. The Labute approximate surface area is 138 Å². The number of hydrogen-bond donors (Lipinski definition) is 1. The molecule has 3 amide bonds. The molecule has 1 unspecified atom stereocenters. The number of carbonyl (C=O) groups is 2. The molecule has 0 aromatic carbocycles. The number of halogens is 1. The summed E-state index contributed by atoms with van der Waals surface area (Å²) in [4.78, 5) is 30.7. The van der Waals surface area contributed by atoms with Crippen LogP contribution in [0.3, 0.4) is 0 Å². The van der Waals surface area contributed by atoms with Gasteiger partial charge in [-0.15, -0.1) is 12.4 Å². The number of carbonyl (C=O) groups excluding carboxylic acids is 2. The van der Waals surface area contributed by atoms with E-state index in [2.05, 4.69) is 0 Å². The van der Waals surface area contributed by atoms with Gasteiger partial charge in [0.25, 0.3) is 0 Å². The molecule has 3 saturated heterocycles. The lowest BCUT2D eigenvalue weighted by molar-refractivity contribution is -0.135. The van der Waals surface area contributed by atoms with Crippen LogP contribution < -0.4 is 5.73 Å². The Morgan fingerprint density at radius 2 is 1.50 bits per heavy atom. The van der Waals surface area contributed by atoms with Crippen LogP contribution in [-0.4, -0.2) is 71.9 Å². The van der Waals surface area contributed by atoms with Gasteiger partial charge in [0.1, 0.15) is 0 Å². The highest BCUT2D eigenvalue weighted by Gasteiger charge is 2.35. The molecule has 2 N–H and O–H groups in total. The zero-order chi connectivity index (χ0) is 14.8. The molecule has 126 valence electrons. The maximum absolute atomic E-state index is 12.6. The first-order valence-electron chi connectivity index (χ1n) is 8.23. The van der Waals surface area contributed by atoms with Crippen LogP contribution in [0.15, 0.2) is 0 Å².